The minimum absolute atomic E-state index is 0.0647. The number of anilines is 1. The van der Waals surface area contributed by atoms with Crippen molar-refractivity contribution in [3.05, 3.63) is 109 Å². The first-order valence-corrected chi connectivity index (χ1v) is 14.3. The van der Waals surface area contributed by atoms with Gasteiger partial charge in [0.05, 0.1) is 19.3 Å². The summed E-state index contributed by atoms with van der Waals surface area (Å²) in [6, 6.07) is 13.6. The van der Waals surface area contributed by atoms with Gasteiger partial charge in [-0.05, 0) is 54.0 Å². The van der Waals surface area contributed by atoms with Crippen molar-refractivity contribution >= 4 is 43.5 Å². The van der Waals surface area contributed by atoms with Crippen LogP contribution < -0.4 is 26.4 Å². The zero-order chi connectivity index (χ0) is 32.9. The summed E-state index contributed by atoms with van der Waals surface area (Å²) in [6.07, 6.45) is 5.10. The highest BCUT2D eigenvalue weighted by atomic mass is 31.0. The fraction of sp³-hybridized carbons (Fsp3) is 0.219. The van der Waals surface area contributed by atoms with Gasteiger partial charge in [0.2, 0.25) is 0 Å². The number of nitrogens with zero attached hydrogens (tertiary/aromatic N) is 3. The quantitative estimate of drug-likeness (QED) is 0.137. The van der Waals surface area contributed by atoms with Gasteiger partial charge >= 0.3 is 0 Å². The van der Waals surface area contributed by atoms with Crippen molar-refractivity contribution in [2.24, 2.45) is 10.7 Å². The van der Waals surface area contributed by atoms with E-state index in [9.17, 15) is 13.6 Å². The van der Waals surface area contributed by atoms with Crippen LogP contribution in [0.4, 0.5) is 14.5 Å². The van der Waals surface area contributed by atoms with Crippen LogP contribution in [0.1, 0.15) is 37.6 Å². The number of aliphatic imine (C=N–C) groups is 1. The molecule has 9 nitrogen and oxygen atoms in total. The molecule has 0 radical (unpaired) electrons. The van der Waals surface area contributed by atoms with Gasteiger partial charge in [0, 0.05) is 24.3 Å². The maximum absolute atomic E-state index is 14.0. The minimum Gasteiger partial charge on any atom is -0.494 e. The lowest BCUT2D eigenvalue weighted by Crippen LogP contribution is -2.38. The number of allylic oxidation sites excluding steroid dienone is 2. The molecule has 0 bridgehead atoms. The summed E-state index contributed by atoms with van der Waals surface area (Å²) in [5.74, 6) is 0.0380. The van der Waals surface area contributed by atoms with Gasteiger partial charge in [-0.2, -0.15) is 8.78 Å². The molecule has 3 aromatic rings. The number of hydrazine groups is 1. The number of amides is 1. The van der Waals surface area contributed by atoms with Crippen molar-refractivity contribution in [2.45, 2.75) is 33.0 Å². The number of ether oxygens (including phenoxy) is 1. The van der Waals surface area contributed by atoms with Gasteiger partial charge < -0.3 is 20.6 Å². The van der Waals surface area contributed by atoms with Crippen molar-refractivity contribution in [2.75, 3.05) is 18.7 Å². The van der Waals surface area contributed by atoms with Gasteiger partial charge in [-0.15, -0.1) is 13.2 Å². The summed E-state index contributed by atoms with van der Waals surface area (Å²) in [5.41, 5.74) is 8.33. The Labute approximate surface area is 259 Å². The smallest absolute Gasteiger partial charge is 0.300 e. The molecule has 1 atom stereocenters. The Morgan fingerprint density at radius 3 is 2.59 bits per heavy atom. The number of aromatic nitrogens is 1. The molecule has 0 saturated carbocycles. The molecule has 1 amide bonds. The molecule has 0 spiro atoms. The van der Waals surface area contributed by atoms with E-state index in [1.807, 2.05) is 51.1 Å². The highest BCUT2D eigenvalue weighted by Gasteiger charge is 2.33. The SMILES string of the molecule is C=C.C=CN=C/C(=C\C)c1cccc(CNC(=O)C2=C(CN)ONN2c2ccc(OC)c3nc(C(F)(F)P)ccc23)c1.CC. The highest BCUT2D eigenvalue weighted by Crippen LogP contribution is 2.39. The number of rotatable bonds is 10. The third kappa shape index (κ3) is 8.35. The van der Waals surface area contributed by atoms with E-state index in [1.54, 1.807) is 18.3 Å². The number of nitrogens with two attached hydrogens (primary N) is 1. The molecular formula is C32H39F2N6O3P. The van der Waals surface area contributed by atoms with Crippen LogP contribution in [0.5, 0.6) is 5.75 Å². The number of nitrogens with one attached hydrogen (secondary N) is 2. The third-order valence-electron chi connectivity index (χ3n) is 6.09. The van der Waals surface area contributed by atoms with Crippen molar-refractivity contribution < 1.29 is 23.1 Å². The maximum atomic E-state index is 14.0. The number of pyridine rings is 1. The molecule has 2 aromatic carbocycles. The monoisotopic (exact) mass is 624 g/mol. The van der Waals surface area contributed by atoms with Crippen LogP contribution >= 0.6 is 9.24 Å². The molecule has 0 aliphatic carbocycles. The second-order valence-electron chi connectivity index (χ2n) is 8.60. The van der Waals surface area contributed by atoms with Crippen molar-refractivity contribution in [3.8, 4) is 5.75 Å². The van der Waals surface area contributed by atoms with Crippen LogP contribution in [-0.4, -0.2) is 30.8 Å². The van der Waals surface area contributed by atoms with Gasteiger partial charge in [-0.25, -0.2) is 9.99 Å². The largest absolute Gasteiger partial charge is 0.494 e. The van der Waals surface area contributed by atoms with E-state index in [1.165, 1.54) is 39.7 Å². The average molecular weight is 625 g/mol. The van der Waals surface area contributed by atoms with Crippen molar-refractivity contribution in [1.82, 2.24) is 15.9 Å². The fourth-order valence-corrected chi connectivity index (χ4v) is 4.31. The molecule has 234 valence electrons. The summed E-state index contributed by atoms with van der Waals surface area (Å²) in [6.45, 7) is 15.7. The highest BCUT2D eigenvalue weighted by molar-refractivity contribution is 7.17. The van der Waals surface area contributed by atoms with E-state index in [-0.39, 0.29) is 30.1 Å². The number of hydrogen-bond acceptors (Lipinski definition) is 8. The van der Waals surface area contributed by atoms with Crippen LogP contribution in [0, 0.1) is 0 Å². The molecule has 4 N–H and O–H groups in total. The lowest BCUT2D eigenvalue weighted by molar-refractivity contribution is -0.117. The van der Waals surface area contributed by atoms with Crippen LogP contribution in [-0.2, 0) is 21.8 Å². The average Bonchev–Trinajstić information content (AvgIpc) is 3.49. The van der Waals surface area contributed by atoms with Gasteiger partial charge in [0.1, 0.15) is 17.0 Å². The zero-order valence-corrected chi connectivity index (χ0v) is 26.5. The van der Waals surface area contributed by atoms with Crippen LogP contribution in [0.25, 0.3) is 16.5 Å². The first kappa shape index (κ1) is 35.8. The molecule has 4 rings (SSSR count). The van der Waals surface area contributed by atoms with Crippen LogP contribution in [0.3, 0.4) is 0 Å². The molecule has 12 heteroatoms. The van der Waals surface area contributed by atoms with Crippen LogP contribution in [0.2, 0.25) is 0 Å². The molecule has 2 heterocycles. The Bertz CT molecular complexity index is 1550. The Balaban J connectivity index is 0.00000162. The third-order valence-corrected chi connectivity index (χ3v) is 6.39. The summed E-state index contributed by atoms with van der Waals surface area (Å²) in [5, 5.41) is 4.76. The molecule has 1 aliphatic heterocycles. The van der Waals surface area contributed by atoms with E-state index < -0.39 is 17.3 Å². The standard InChI is InChI=1S/C28H29F2N6O3P.C2H6.C2H4/c1-4-18(16-32-5-2)19-8-6-7-17(13-19)15-33-27(37)26-23(14-31)39-35-36(26)21-10-11-22(38-3)25-20(21)9-12-24(34-25)28(29,30)40;2*1-2/h4-13,16,35H,2,14-15,31,40H2,1,3H3,(H,33,37);1-2H3;1-2H2/b18-4+,32-16?;;. The Morgan fingerprint density at radius 2 is 1.98 bits per heavy atom. The van der Waals surface area contributed by atoms with E-state index in [2.05, 4.69) is 40.6 Å². The summed E-state index contributed by atoms with van der Waals surface area (Å²) < 4.78 is 33.3. The second kappa shape index (κ2) is 17.0. The minimum atomic E-state index is -3.23. The topological polar surface area (TPSA) is 114 Å². The van der Waals surface area contributed by atoms with Gasteiger partial charge in [-0.3, -0.25) is 9.79 Å². The molecule has 1 aromatic heterocycles. The number of alkyl halides is 2. The van der Waals surface area contributed by atoms with E-state index in [0.29, 0.717) is 16.8 Å². The van der Waals surface area contributed by atoms with E-state index in [4.69, 9.17) is 15.3 Å². The summed E-state index contributed by atoms with van der Waals surface area (Å²) in [4.78, 5) is 27.2. The van der Waals surface area contributed by atoms with Crippen molar-refractivity contribution in [3.63, 3.8) is 0 Å². The number of carbonyl (C=O) groups excluding carboxylic acids is 1. The Kier molecular flexibility index (Phi) is 13.8. The first-order chi connectivity index (χ1) is 21.2. The van der Waals surface area contributed by atoms with Gasteiger partial charge in [-0.1, -0.05) is 59.5 Å². The van der Waals surface area contributed by atoms with Gasteiger partial charge in [0.15, 0.2) is 11.5 Å². The number of carbonyl (C=O) groups is 1. The Morgan fingerprint density at radius 1 is 1.25 bits per heavy atom. The normalized spacial score (nSPS) is 13.1. The Hall–Kier alpha value is -4.44. The fourth-order valence-electron chi connectivity index (χ4n) is 4.15. The molecule has 0 fully saturated rings. The number of benzene rings is 2. The lowest BCUT2D eigenvalue weighted by atomic mass is 10.0. The number of halogens is 2. The predicted octanol–water partition coefficient (Wildman–Crippen LogP) is 6.36. The number of fused-ring (bicyclic) bond motifs is 1. The first-order valence-electron chi connectivity index (χ1n) is 13.7. The maximum Gasteiger partial charge on any atom is 0.300 e. The molecule has 1 aliphatic rings. The number of hydrogen-bond donors (Lipinski definition) is 3. The van der Waals surface area contributed by atoms with Crippen LogP contribution in [0.15, 0.2) is 97.0 Å². The summed E-state index contributed by atoms with van der Waals surface area (Å²) >= 11 is 0. The molecule has 44 heavy (non-hydrogen) atoms. The molecule has 1 unspecified atom stereocenters. The predicted molar refractivity (Wildman–Crippen MR) is 178 cm³/mol. The lowest BCUT2D eigenvalue weighted by Gasteiger charge is -2.22. The molecular weight excluding hydrogens is 585 g/mol. The van der Waals surface area contributed by atoms with Crippen molar-refractivity contribution in [1.29, 1.82) is 0 Å². The second-order valence-corrected chi connectivity index (χ2v) is 9.32. The molecule has 0 saturated heterocycles. The number of methoxy groups -OCH3 is 1. The van der Waals surface area contributed by atoms with E-state index in [0.717, 1.165) is 16.7 Å². The van der Waals surface area contributed by atoms with Gasteiger partial charge in [0.25, 0.3) is 11.6 Å². The zero-order valence-electron chi connectivity index (χ0n) is 25.4. The van der Waals surface area contributed by atoms with E-state index >= 15 is 0 Å². The summed E-state index contributed by atoms with van der Waals surface area (Å²) in [7, 11) is 2.89.